The van der Waals surface area contributed by atoms with Crippen molar-refractivity contribution < 1.29 is 9.90 Å². The lowest BCUT2D eigenvalue weighted by atomic mass is 9.89. The van der Waals surface area contributed by atoms with Crippen molar-refractivity contribution in [1.82, 2.24) is 9.80 Å². The molecule has 0 aliphatic carbocycles. The van der Waals surface area contributed by atoms with Gasteiger partial charge in [0, 0.05) is 6.04 Å². The number of likely N-dealkylation sites (tertiary alicyclic amines) is 1. The highest BCUT2D eigenvalue weighted by Gasteiger charge is 2.28. The Morgan fingerprint density at radius 3 is 2.29 bits per heavy atom. The Hall–Kier alpha value is -0.610. The van der Waals surface area contributed by atoms with E-state index in [1.165, 1.54) is 12.8 Å². The molecule has 0 aromatic rings. The third kappa shape index (κ3) is 4.28. The minimum Gasteiger partial charge on any atom is -0.481 e. The zero-order chi connectivity index (χ0) is 13.1. The van der Waals surface area contributed by atoms with Gasteiger partial charge >= 0.3 is 5.97 Å². The molecule has 4 nitrogen and oxygen atoms in total. The Labute approximate surface area is 105 Å². The molecule has 0 aromatic heterocycles. The molecule has 1 rings (SSSR count). The smallest absolute Gasteiger partial charge is 0.309 e. The van der Waals surface area contributed by atoms with E-state index in [-0.39, 0.29) is 0 Å². The molecule has 17 heavy (non-hydrogen) atoms. The first-order valence-corrected chi connectivity index (χ1v) is 6.45. The summed E-state index contributed by atoms with van der Waals surface area (Å²) < 4.78 is 0. The molecule has 1 aliphatic heterocycles. The van der Waals surface area contributed by atoms with Gasteiger partial charge in [0.1, 0.15) is 0 Å². The maximum Gasteiger partial charge on any atom is 0.309 e. The fraction of sp³-hybridized carbons (Fsp3) is 0.923. The molecular weight excluding hydrogens is 216 g/mol. The van der Waals surface area contributed by atoms with Crippen LogP contribution in [0.25, 0.3) is 0 Å². The average molecular weight is 242 g/mol. The zero-order valence-electron chi connectivity index (χ0n) is 11.6. The number of nitrogens with zero attached hydrogens (tertiary/aromatic N) is 2. The molecule has 0 aromatic carbocycles. The Morgan fingerprint density at radius 1 is 1.35 bits per heavy atom. The summed E-state index contributed by atoms with van der Waals surface area (Å²) in [6.07, 6.45) is 3.12. The number of hydrogen-bond donors (Lipinski definition) is 1. The van der Waals surface area contributed by atoms with E-state index >= 15 is 0 Å². The van der Waals surface area contributed by atoms with E-state index in [0.717, 1.165) is 26.1 Å². The third-order valence-electron chi connectivity index (χ3n) is 3.92. The van der Waals surface area contributed by atoms with Gasteiger partial charge in [0.15, 0.2) is 0 Å². The quantitative estimate of drug-likeness (QED) is 0.794. The van der Waals surface area contributed by atoms with Gasteiger partial charge in [0.25, 0.3) is 0 Å². The zero-order valence-corrected chi connectivity index (χ0v) is 11.6. The van der Waals surface area contributed by atoms with Gasteiger partial charge in [-0.05, 0) is 66.8 Å². The van der Waals surface area contributed by atoms with Crippen LogP contribution in [0.3, 0.4) is 0 Å². The van der Waals surface area contributed by atoms with Crippen LogP contribution >= 0.6 is 0 Å². The lowest BCUT2D eigenvalue weighted by Crippen LogP contribution is -2.43. The van der Waals surface area contributed by atoms with Gasteiger partial charge in [-0.25, -0.2) is 0 Å². The Bertz CT molecular complexity index is 256. The van der Waals surface area contributed by atoms with Crippen molar-refractivity contribution >= 4 is 5.97 Å². The van der Waals surface area contributed by atoms with Gasteiger partial charge < -0.3 is 14.9 Å². The van der Waals surface area contributed by atoms with Crippen molar-refractivity contribution in [2.24, 2.45) is 5.41 Å². The molecule has 0 atom stereocenters. The third-order valence-corrected chi connectivity index (χ3v) is 3.92. The highest BCUT2D eigenvalue weighted by molar-refractivity contribution is 5.73. The van der Waals surface area contributed by atoms with E-state index in [4.69, 9.17) is 5.11 Å². The maximum atomic E-state index is 11.0. The summed E-state index contributed by atoms with van der Waals surface area (Å²) >= 11 is 0. The molecule has 100 valence electrons. The second-order valence-corrected chi connectivity index (χ2v) is 5.98. The maximum absolute atomic E-state index is 11.0. The van der Waals surface area contributed by atoms with Gasteiger partial charge in [-0.15, -0.1) is 0 Å². The van der Waals surface area contributed by atoms with E-state index in [1.807, 2.05) is 13.8 Å². The van der Waals surface area contributed by atoms with Gasteiger partial charge in [-0.3, -0.25) is 4.79 Å². The number of carboxylic acid groups (broad SMARTS) is 1. The first kappa shape index (κ1) is 14.5. The van der Waals surface area contributed by atoms with Crippen molar-refractivity contribution in [3.05, 3.63) is 0 Å². The molecule has 0 bridgehead atoms. The van der Waals surface area contributed by atoms with E-state index in [2.05, 4.69) is 23.9 Å². The standard InChI is InChI=1S/C13H26N2O2/c1-13(2,12(16)17)7-10-15-8-5-11(6-9-15)14(3)4/h11H,5-10H2,1-4H3,(H,16,17). The second-order valence-electron chi connectivity index (χ2n) is 5.98. The highest BCUT2D eigenvalue weighted by atomic mass is 16.4. The number of carbonyl (C=O) groups is 1. The molecular formula is C13H26N2O2. The van der Waals surface area contributed by atoms with Crippen molar-refractivity contribution in [2.45, 2.75) is 39.2 Å². The Morgan fingerprint density at radius 2 is 1.88 bits per heavy atom. The summed E-state index contributed by atoms with van der Waals surface area (Å²) in [4.78, 5) is 15.7. The van der Waals surface area contributed by atoms with E-state index in [0.29, 0.717) is 6.04 Å². The summed E-state index contributed by atoms with van der Waals surface area (Å²) in [5.41, 5.74) is -0.599. The molecule has 0 saturated carbocycles. The van der Waals surface area contributed by atoms with Crippen LogP contribution in [-0.4, -0.2) is 60.6 Å². The number of carboxylic acids is 1. The molecule has 0 amide bonds. The first-order valence-electron chi connectivity index (χ1n) is 6.45. The molecule has 1 heterocycles. The van der Waals surface area contributed by atoms with Crippen LogP contribution in [0.2, 0.25) is 0 Å². The van der Waals surface area contributed by atoms with Gasteiger partial charge in [0.2, 0.25) is 0 Å². The van der Waals surface area contributed by atoms with E-state index < -0.39 is 11.4 Å². The van der Waals surface area contributed by atoms with Crippen molar-refractivity contribution in [1.29, 1.82) is 0 Å². The SMILES string of the molecule is CN(C)C1CCN(CCC(C)(C)C(=O)O)CC1. The Balaban J connectivity index is 2.29. The number of hydrogen-bond acceptors (Lipinski definition) is 3. The Kier molecular flexibility index (Phi) is 4.95. The monoisotopic (exact) mass is 242 g/mol. The molecule has 1 aliphatic rings. The van der Waals surface area contributed by atoms with E-state index in [9.17, 15) is 4.79 Å². The van der Waals surface area contributed by atoms with Gasteiger partial charge in [-0.2, -0.15) is 0 Å². The fourth-order valence-corrected chi connectivity index (χ4v) is 2.20. The molecule has 4 heteroatoms. The summed E-state index contributed by atoms with van der Waals surface area (Å²) in [5, 5.41) is 9.06. The molecule has 1 fully saturated rings. The largest absolute Gasteiger partial charge is 0.481 e. The first-order chi connectivity index (χ1) is 7.83. The molecule has 0 radical (unpaired) electrons. The lowest BCUT2D eigenvalue weighted by molar-refractivity contribution is -0.147. The molecule has 1 N–H and O–H groups in total. The van der Waals surface area contributed by atoms with Crippen molar-refractivity contribution in [3.63, 3.8) is 0 Å². The summed E-state index contributed by atoms with van der Waals surface area (Å²) in [5.74, 6) is -0.694. The average Bonchev–Trinajstić information content (AvgIpc) is 2.27. The summed E-state index contributed by atoms with van der Waals surface area (Å²) in [7, 11) is 4.27. The fourth-order valence-electron chi connectivity index (χ4n) is 2.20. The van der Waals surface area contributed by atoms with Crippen LogP contribution in [0, 0.1) is 5.41 Å². The summed E-state index contributed by atoms with van der Waals surface area (Å²) in [6, 6.07) is 0.693. The van der Waals surface area contributed by atoms with Crippen molar-refractivity contribution in [3.8, 4) is 0 Å². The normalized spacial score (nSPS) is 19.8. The van der Waals surface area contributed by atoms with Crippen LogP contribution in [0.15, 0.2) is 0 Å². The van der Waals surface area contributed by atoms with Crippen LogP contribution in [0.5, 0.6) is 0 Å². The van der Waals surface area contributed by atoms with E-state index in [1.54, 1.807) is 0 Å². The van der Waals surface area contributed by atoms with Crippen LogP contribution in [0.1, 0.15) is 33.1 Å². The molecule has 1 saturated heterocycles. The van der Waals surface area contributed by atoms with Crippen LogP contribution in [0.4, 0.5) is 0 Å². The number of piperidine rings is 1. The predicted octanol–water partition coefficient (Wildman–Crippen LogP) is 1.51. The van der Waals surface area contributed by atoms with Crippen LogP contribution in [-0.2, 0) is 4.79 Å². The lowest BCUT2D eigenvalue weighted by Gasteiger charge is -2.36. The minimum atomic E-state index is -0.694. The highest BCUT2D eigenvalue weighted by Crippen LogP contribution is 2.22. The topological polar surface area (TPSA) is 43.8 Å². The molecule has 0 unspecified atom stereocenters. The van der Waals surface area contributed by atoms with Crippen molar-refractivity contribution in [2.75, 3.05) is 33.7 Å². The second kappa shape index (κ2) is 5.83. The predicted molar refractivity (Wildman–Crippen MR) is 69.2 cm³/mol. The number of aliphatic carboxylic acids is 1. The number of rotatable bonds is 5. The molecule has 0 spiro atoms. The summed E-state index contributed by atoms with van der Waals surface area (Å²) in [6.45, 7) is 6.71. The minimum absolute atomic E-state index is 0.599. The van der Waals surface area contributed by atoms with Gasteiger partial charge in [-0.1, -0.05) is 0 Å². The van der Waals surface area contributed by atoms with Crippen LogP contribution < -0.4 is 0 Å². The van der Waals surface area contributed by atoms with Gasteiger partial charge in [0.05, 0.1) is 5.41 Å².